The number of hydrogen-bond acceptors (Lipinski definition) is 4. The van der Waals surface area contributed by atoms with E-state index in [1.54, 1.807) is 74.9 Å². The first-order valence-electron chi connectivity index (χ1n) is 9.17. The van der Waals surface area contributed by atoms with Crippen molar-refractivity contribution in [3.05, 3.63) is 82.9 Å². The normalized spacial score (nSPS) is 10.2. The molecule has 0 heterocycles. The van der Waals surface area contributed by atoms with Gasteiger partial charge in [0, 0.05) is 11.3 Å². The van der Waals surface area contributed by atoms with Gasteiger partial charge in [-0.2, -0.15) is 0 Å². The number of methoxy groups -OCH3 is 2. The maximum Gasteiger partial charge on any atom is 0.255 e. The van der Waals surface area contributed by atoms with Crippen LogP contribution in [-0.2, 0) is 11.2 Å². The Morgan fingerprint density at radius 1 is 0.867 bits per heavy atom. The van der Waals surface area contributed by atoms with Crippen molar-refractivity contribution in [2.24, 2.45) is 0 Å². The maximum absolute atomic E-state index is 12.4. The number of hydrogen-bond donors (Lipinski definition) is 2. The molecular weight excluding hydrogens is 404 g/mol. The second-order valence-corrected chi connectivity index (χ2v) is 6.84. The first-order valence-corrected chi connectivity index (χ1v) is 9.54. The first-order chi connectivity index (χ1) is 14.5. The molecule has 0 saturated heterocycles. The van der Waals surface area contributed by atoms with Gasteiger partial charge in [0.2, 0.25) is 5.91 Å². The summed E-state index contributed by atoms with van der Waals surface area (Å²) in [7, 11) is 3.10. The van der Waals surface area contributed by atoms with Crippen molar-refractivity contribution in [3.63, 3.8) is 0 Å². The molecule has 0 unspecified atom stereocenters. The third kappa shape index (κ3) is 5.30. The number of ether oxygens (including phenoxy) is 2. The molecule has 2 N–H and O–H groups in total. The lowest BCUT2D eigenvalue weighted by Crippen LogP contribution is -2.15. The van der Waals surface area contributed by atoms with Crippen LogP contribution in [0.15, 0.2) is 66.7 Å². The monoisotopic (exact) mass is 424 g/mol. The van der Waals surface area contributed by atoms with Gasteiger partial charge in [-0.3, -0.25) is 9.59 Å². The van der Waals surface area contributed by atoms with Crippen LogP contribution in [0.4, 0.5) is 11.4 Å². The van der Waals surface area contributed by atoms with E-state index in [4.69, 9.17) is 21.1 Å². The molecule has 0 bridgehead atoms. The zero-order valence-corrected chi connectivity index (χ0v) is 17.3. The van der Waals surface area contributed by atoms with Crippen molar-refractivity contribution in [3.8, 4) is 11.5 Å². The first kappa shape index (κ1) is 21.2. The summed E-state index contributed by atoms with van der Waals surface area (Å²) in [4.78, 5) is 24.7. The molecule has 0 aliphatic carbocycles. The molecular formula is C23H21ClN2O4. The van der Waals surface area contributed by atoms with Crippen molar-refractivity contribution >= 4 is 34.8 Å². The second-order valence-electron chi connectivity index (χ2n) is 6.43. The molecule has 0 aliphatic heterocycles. The fourth-order valence-corrected chi connectivity index (χ4v) is 3.09. The molecule has 0 saturated carbocycles. The van der Waals surface area contributed by atoms with Crippen LogP contribution >= 0.6 is 11.6 Å². The van der Waals surface area contributed by atoms with Gasteiger partial charge >= 0.3 is 0 Å². The van der Waals surface area contributed by atoms with E-state index in [2.05, 4.69) is 10.6 Å². The van der Waals surface area contributed by atoms with Crippen molar-refractivity contribution in [2.45, 2.75) is 6.42 Å². The molecule has 0 atom stereocenters. The van der Waals surface area contributed by atoms with Gasteiger partial charge in [0.1, 0.15) is 0 Å². The Kier molecular flexibility index (Phi) is 6.93. The van der Waals surface area contributed by atoms with Gasteiger partial charge in [-0.25, -0.2) is 0 Å². The molecule has 30 heavy (non-hydrogen) atoms. The number of nitrogens with one attached hydrogen (secondary N) is 2. The van der Waals surface area contributed by atoms with E-state index in [1.807, 2.05) is 6.07 Å². The van der Waals surface area contributed by atoms with Crippen molar-refractivity contribution < 1.29 is 19.1 Å². The zero-order chi connectivity index (χ0) is 21.5. The Hall–Kier alpha value is -3.51. The molecule has 2 amide bonds. The molecule has 0 aromatic heterocycles. The SMILES string of the molecule is COc1ccc(CC(=O)Nc2ccc(NC(=O)c3ccccc3)c(Cl)c2)cc1OC. The van der Waals surface area contributed by atoms with E-state index in [9.17, 15) is 9.59 Å². The number of carbonyl (C=O) groups is 2. The Labute approximate surface area is 179 Å². The molecule has 0 radical (unpaired) electrons. The minimum absolute atomic E-state index is 0.157. The van der Waals surface area contributed by atoms with Crippen molar-refractivity contribution in [2.75, 3.05) is 24.9 Å². The number of halogens is 1. The van der Waals surface area contributed by atoms with E-state index in [-0.39, 0.29) is 18.2 Å². The largest absolute Gasteiger partial charge is 0.493 e. The summed E-state index contributed by atoms with van der Waals surface area (Å²) < 4.78 is 10.5. The summed E-state index contributed by atoms with van der Waals surface area (Å²) in [6.07, 6.45) is 0.157. The Bertz CT molecular complexity index is 1050. The Morgan fingerprint density at radius 2 is 1.60 bits per heavy atom. The Morgan fingerprint density at radius 3 is 2.27 bits per heavy atom. The molecule has 0 spiro atoms. The summed E-state index contributed by atoms with van der Waals surface area (Å²) in [6.45, 7) is 0. The molecule has 3 aromatic carbocycles. The van der Waals surface area contributed by atoms with Crippen molar-refractivity contribution in [1.82, 2.24) is 0 Å². The lowest BCUT2D eigenvalue weighted by atomic mass is 10.1. The lowest BCUT2D eigenvalue weighted by molar-refractivity contribution is -0.115. The topological polar surface area (TPSA) is 76.7 Å². The van der Waals surface area contributed by atoms with E-state index >= 15 is 0 Å². The third-order valence-electron chi connectivity index (χ3n) is 4.35. The fraction of sp³-hybridized carbons (Fsp3) is 0.130. The molecule has 3 aromatic rings. The molecule has 0 aliphatic rings. The third-order valence-corrected chi connectivity index (χ3v) is 4.66. The predicted octanol–water partition coefficient (Wildman–Crippen LogP) is 4.79. The van der Waals surface area contributed by atoms with Gasteiger partial charge in [0.05, 0.1) is 31.4 Å². The van der Waals surface area contributed by atoms with Gasteiger partial charge in [-0.05, 0) is 48.0 Å². The van der Waals surface area contributed by atoms with E-state index < -0.39 is 0 Å². The summed E-state index contributed by atoms with van der Waals surface area (Å²) in [6, 6.07) is 19.1. The number of rotatable bonds is 7. The summed E-state index contributed by atoms with van der Waals surface area (Å²) in [5, 5.41) is 5.88. The molecule has 6 nitrogen and oxygen atoms in total. The maximum atomic E-state index is 12.4. The van der Waals surface area contributed by atoms with Crippen molar-refractivity contribution in [1.29, 1.82) is 0 Å². The van der Waals surface area contributed by atoms with Gasteiger partial charge in [-0.15, -0.1) is 0 Å². The highest BCUT2D eigenvalue weighted by molar-refractivity contribution is 6.34. The average Bonchev–Trinajstić information content (AvgIpc) is 2.76. The predicted molar refractivity (Wildman–Crippen MR) is 118 cm³/mol. The molecule has 154 valence electrons. The van der Waals surface area contributed by atoms with Gasteiger partial charge in [-0.1, -0.05) is 35.9 Å². The van der Waals surface area contributed by atoms with Crippen LogP contribution in [-0.4, -0.2) is 26.0 Å². The highest BCUT2D eigenvalue weighted by atomic mass is 35.5. The van der Waals surface area contributed by atoms with Crippen LogP contribution in [0.2, 0.25) is 5.02 Å². The number of amides is 2. The Balaban J connectivity index is 1.64. The van der Waals surface area contributed by atoms with Crippen LogP contribution in [0.25, 0.3) is 0 Å². The van der Waals surface area contributed by atoms with E-state index in [1.165, 1.54) is 0 Å². The van der Waals surface area contributed by atoms with Crippen LogP contribution in [0.1, 0.15) is 15.9 Å². The highest BCUT2D eigenvalue weighted by Gasteiger charge is 2.11. The zero-order valence-electron chi connectivity index (χ0n) is 16.6. The molecule has 3 rings (SSSR count). The average molecular weight is 425 g/mol. The number of carbonyl (C=O) groups excluding carboxylic acids is 2. The fourth-order valence-electron chi connectivity index (χ4n) is 2.86. The minimum atomic E-state index is -0.261. The van der Waals surface area contributed by atoms with Crippen LogP contribution in [0.3, 0.4) is 0 Å². The van der Waals surface area contributed by atoms with Crippen LogP contribution in [0, 0.1) is 0 Å². The van der Waals surface area contributed by atoms with Crippen LogP contribution in [0.5, 0.6) is 11.5 Å². The summed E-state index contributed by atoms with van der Waals surface area (Å²) >= 11 is 6.28. The van der Waals surface area contributed by atoms with Gasteiger partial charge in [0.25, 0.3) is 5.91 Å². The van der Waals surface area contributed by atoms with E-state index in [0.717, 1.165) is 5.56 Å². The second kappa shape index (κ2) is 9.80. The van der Waals surface area contributed by atoms with Gasteiger partial charge in [0.15, 0.2) is 11.5 Å². The smallest absolute Gasteiger partial charge is 0.255 e. The standard InChI is InChI=1S/C23H21ClN2O4/c1-29-20-11-8-15(12-21(20)30-2)13-22(27)25-17-9-10-19(18(24)14-17)26-23(28)16-6-4-3-5-7-16/h3-12,14H,13H2,1-2H3,(H,25,27)(H,26,28). The number of anilines is 2. The summed E-state index contributed by atoms with van der Waals surface area (Å²) in [5.41, 5.74) is 2.30. The summed E-state index contributed by atoms with van der Waals surface area (Å²) in [5.74, 6) is 0.688. The number of benzene rings is 3. The quantitative estimate of drug-likeness (QED) is 0.571. The van der Waals surface area contributed by atoms with E-state index in [0.29, 0.717) is 33.5 Å². The molecule has 0 fully saturated rings. The highest BCUT2D eigenvalue weighted by Crippen LogP contribution is 2.28. The lowest BCUT2D eigenvalue weighted by Gasteiger charge is -2.11. The molecule has 7 heteroatoms. The van der Waals surface area contributed by atoms with Crippen LogP contribution < -0.4 is 20.1 Å². The van der Waals surface area contributed by atoms with Gasteiger partial charge < -0.3 is 20.1 Å². The minimum Gasteiger partial charge on any atom is -0.493 e.